The number of rotatable bonds is 3. The van der Waals surface area contributed by atoms with Crippen molar-refractivity contribution >= 4 is 16.6 Å². The summed E-state index contributed by atoms with van der Waals surface area (Å²) in [6.45, 7) is 0. The van der Waals surface area contributed by atoms with Gasteiger partial charge in [-0.25, -0.2) is 0 Å². The largest absolute Gasteiger partial charge is 0.497 e. The number of fused-ring (bicyclic) bond motifs is 1. The average molecular weight is 238 g/mol. The molecule has 3 nitrogen and oxygen atoms in total. The molecule has 3 aromatic rings. The van der Waals surface area contributed by atoms with Gasteiger partial charge >= 0.3 is 0 Å². The van der Waals surface area contributed by atoms with Gasteiger partial charge in [0, 0.05) is 17.6 Å². The minimum atomic E-state index is 0.844. The summed E-state index contributed by atoms with van der Waals surface area (Å²) in [5.74, 6) is 0.844. The number of para-hydroxylation sites is 1. The van der Waals surface area contributed by atoms with Crippen molar-refractivity contribution in [3.63, 3.8) is 0 Å². The SMILES string of the molecule is COc1cccc(Nn2ccc3ccccc32)c1. The van der Waals surface area contributed by atoms with Crippen LogP contribution in [0, 0.1) is 0 Å². The van der Waals surface area contributed by atoms with E-state index in [1.807, 2.05) is 47.3 Å². The smallest absolute Gasteiger partial charge is 0.120 e. The second kappa shape index (κ2) is 4.45. The third kappa shape index (κ3) is 1.91. The molecule has 1 heterocycles. The Bertz CT molecular complexity index is 673. The van der Waals surface area contributed by atoms with Crippen molar-refractivity contribution in [2.75, 3.05) is 12.5 Å². The van der Waals surface area contributed by atoms with Gasteiger partial charge in [0.2, 0.25) is 0 Å². The van der Waals surface area contributed by atoms with Gasteiger partial charge in [-0.1, -0.05) is 24.3 Å². The van der Waals surface area contributed by atoms with Crippen molar-refractivity contribution in [3.05, 3.63) is 60.8 Å². The second-order valence-electron chi connectivity index (χ2n) is 4.09. The van der Waals surface area contributed by atoms with Crippen LogP contribution < -0.4 is 10.2 Å². The Morgan fingerprint density at radius 1 is 1.00 bits per heavy atom. The second-order valence-corrected chi connectivity index (χ2v) is 4.09. The number of hydrogen-bond acceptors (Lipinski definition) is 2. The minimum Gasteiger partial charge on any atom is -0.497 e. The summed E-state index contributed by atoms with van der Waals surface area (Å²) in [5.41, 5.74) is 5.49. The lowest BCUT2D eigenvalue weighted by Gasteiger charge is -2.10. The Morgan fingerprint density at radius 3 is 2.78 bits per heavy atom. The molecule has 0 amide bonds. The lowest BCUT2D eigenvalue weighted by Crippen LogP contribution is -2.06. The Labute approximate surface area is 106 Å². The summed E-state index contributed by atoms with van der Waals surface area (Å²) in [6.07, 6.45) is 2.02. The van der Waals surface area contributed by atoms with Crippen LogP contribution in [0.2, 0.25) is 0 Å². The lowest BCUT2D eigenvalue weighted by molar-refractivity contribution is 0.415. The van der Waals surface area contributed by atoms with Gasteiger partial charge in [-0.05, 0) is 24.3 Å². The van der Waals surface area contributed by atoms with Crippen LogP contribution in [0.25, 0.3) is 10.9 Å². The Kier molecular flexibility index (Phi) is 2.65. The van der Waals surface area contributed by atoms with Gasteiger partial charge in [0.15, 0.2) is 0 Å². The van der Waals surface area contributed by atoms with Gasteiger partial charge in [-0.2, -0.15) is 0 Å². The summed E-state index contributed by atoms with van der Waals surface area (Å²) in [5, 5.41) is 1.22. The van der Waals surface area contributed by atoms with Crippen LogP contribution >= 0.6 is 0 Å². The number of nitrogens with one attached hydrogen (secondary N) is 1. The number of ether oxygens (including phenoxy) is 1. The number of aromatic nitrogens is 1. The van der Waals surface area contributed by atoms with Crippen LogP contribution in [0.15, 0.2) is 60.8 Å². The highest BCUT2D eigenvalue weighted by molar-refractivity contribution is 5.80. The Balaban J connectivity index is 1.96. The van der Waals surface area contributed by atoms with Crippen LogP contribution in [-0.4, -0.2) is 11.8 Å². The van der Waals surface area contributed by atoms with E-state index in [1.165, 1.54) is 5.39 Å². The van der Waals surface area contributed by atoms with Crippen molar-refractivity contribution < 1.29 is 4.74 Å². The highest BCUT2D eigenvalue weighted by Gasteiger charge is 2.00. The number of benzene rings is 2. The first-order chi connectivity index (χ1) is 8.86. The predicted octanol–water partition coefficient (Wildman–Crippen LogP) is 3.53. The number of hydrogen-bond donors (Lipinski definition) is 1. The Morgan fingerprint density at radius 2 is 1.89 bits per heavy atom. The van der Waals surface area contributed by atoms with Crippen LogP contribution in [0.3, 0.4) is 0 Å². The maximum atomic E-state index is 5.21. The molecule has 0 spiro atoms. The van der Waals surface area contributed by atoms with E-state index < -0.39 is 0 Å². The fourth-order valence-electron chi connectivity index (χ4n) is 2.01. The zero-order valence-electron chi connectivity index (χ0n) is 10.1. The fraction of sp³-hybridized carbons (Fsp3) is 0.0667. The van der Waals surface area contributed by atoms with E-state index in [1.54, 1.807) is 7.11 Å². The molecule has 2 aromatic carbocycles. The van der Waals surface area contributed by atoms with Gasteiger partial charge in [0.05, 0.1) is 18.3 Å². The first-order valence-corrected chi connectivity index (χ1v) is 5.84. The van der Waals surface area contributed by atoms with Crippen LogP contribution in [0.4, 0.5) is 5.69 Å². The quantitative estimate of drug-likeness (QED) is 0.755. The molecule has 0 saturated heterocycles. The molecular formula is C15H14N2O. The summed E-state index contributed by atoms with van der Waals surface area (Å²) >= 11 is 0. The van der Waals surface area contributed by atoms with E-state index in [-0.39, 0.29) is 0 Å². The molecule has 3 rings (SSSR count). The first-order valence-electron chi connectivity index (χ1n) is 5.84. The van der Waals surface area contributed by atoms with E-state index in [0.29, 0.717) is 0 Å². The zero-order chi connectivity index (χ0) is 12.4. The standard InChI is InChI=1S/C15H14N2O/c1-18-14-7-4-6-13(11-14)16-17-10-9-12-5-2-3-8-15(12)17/h2-11,16H,1H3. The number of nitrogens with zero attached hydrogens (tertiary/aromatic N) is 1. The topological polar surface area (TPSA) is 26.2 Å². The molecular weight excluding hydrogens is 224 g/mol. The van der Waals surface area contributed by atoms with Gasteiger partial charge in [0.25, 0.3) is 0 Å². The third-order valence-electron chi connectivity index (χ3n) is 2.92. The van der Waals surface area contributed by atoms with Crippen molar-refractivity contribution in [1.29, 1.82) is 0 Å². The number of methoxy groups -OCH3 is 1. The fourth-order valence-corrected chi connectivity index (χ4v) is 2.01. The van der Waals surface area contributed by atoms with E-state index in [0.717, 1.165) is 17.0 Å². The lowest BCUT2D eigenvalue weighted by atomic mass is 10.2. The summed E-state index contributed by atoms with van der Waals surface area (Å²) in [4.78, 5) is 0. The van der Waals surface area contributed by atoms with E-state index in [2.05, 4.69) is 23.6 Å². The molecule has 1 N–H and O–H groups in total. The Hall–Kier alpha value is -2.42. The molecule has 90 valence electrons. The summed E-state index contributed by atoms with van der Waals surface area (Å²) in [7, 11) is 1.67. The van der Waals surface area contributed by atoms with Gasteiger partial charge in [0.1, 0.15) is 5.75 Å². The molecule has 1 aromatic heterocycles. The van der Waals surface area contributed by atoms with Crippen LogP contribution in [0.1, 0.15) is 0 Å². The molecule has 0 bridgehead atoms. The van der Waals surface area contributed by atoms with Crippen molar-refractivity contribution in [3.8, 4) is 5.75 Å². The molecule has 0 aliphatic rings. The molecule has 18 heavy (non-hydrogen) atoms. The van der Waals surface area contributed by atoms with Crippen molar-refractivity contribution in [2.45, 2.75) is 0 Å². The van der Waals surface area contributed by atoms with Gasteiger partial charge < -0.3 is 4.74 Å². The molecule has 0 atom stereocenters. The van der Waals surface area contributed by atoms with Crippen molar-refractivity contribution in [1.82, 2.24) is 4.68 Å². The normalized spacial score (nSPS) is 10.5. The summed E-state index contributed by atoms with van der Waals surface area (Å²) in [6, 6.07) is 18.2. The van der Waals surface area contributed by atoms with Gasteiger partial charge in [-0.15, -0.1) is 0 Å². The molecule has 3 heteroatoms. The predicted molar refractivity (Wildman–Crippen MR) is 74.0 cm³/mol. The maximum absolute atomic E-state index is 5.21. The third-order valence-corrected chi connectivity index (χ3v) is 2.92. The minimum absolute atomic E-state index is 0.844. The van der Waals surface area contributed by atoms with Crippen molar-refractivity contribution in [2.24, 2.45) is 0 Å². The monoisotopic (exact) mass is 238 g/mol. The zero-order valence-corrected chi connectivity index (χ0v) is 10.1. The summed E-state index contributed by atoms with van der Waals surface area (Å²) < 4.78 is 7.22. The first kappa shape index (κ1) is 10.7. The molecule has 0 aliphatic carbocycles. The molecule has 0 radical (unpaired) electrons. The molecule has 0 fully saturated rings. The number of anilines is 1. The molecule has 0 aliphatic heterocycles. The highest BCUT2D eigenvalue weighted by atomic mass is 16.5. The molecule has 0 saturated carbocycles. The highest BCUT2D eigenvalue weighted by Crippen LogP contribution is 2.19. The van der Waals surface area contributed by atoms with E-state index in [4.69, 9.17) is 4.74 Å². The van der Waals surface area contributed by atoms with E-state index >= 15 is 0 Å². The maximum Gasteiger partial charge on any atom is 0.120 e. The average Bonchev–Trinajstić information content (AvgIpc) is 2.83. The van der Waals surface area contributed by atoms with Crippen LogP contribution in [0.5, 0.6) is 5.75 Å². The van der Waals surface area contributed by atoms with Crippen LogP contribution in [-0.2, 0) is 0 Å². The van der Waals surface area contributed by atoms with Gasteiger partial charge in [-0.3, -0.25) is 10.1 Å². The van der Waals surface area contributed by atoms with E-state index in [9.17, 15) is 0 Å². The molecule has 0 unspecified atom stereocenters.